The lowest BCUT2D eigenvalue weighted by Gasteiger charge is -2.61. The van der Waals surface area contributed by atoms with E-state index in [9.17, 15) is 5.11 Å². The van der Waals surface area contributed by atoms with Gasteiger partial charge in [0.2, 0.25) is 0 Å². The van der Waals surface area contributed by atoms with Crippen molar-refractivity contribution in [2.75, 3.05) is 6.61 Å². The van der Waals surface area contributed by atoms with Gasteiger partial charge < -0.3 is 14.6 Å². The fourth-order valence-electron chi connectivity index (χ4n) is 10.3. The van der Waals surface area contributed by atoms with E-state index in [1.807, 2.05) is 0 Å². The summed E-state index contributed by atoms with van der Waals surface area (Å²) in [6.45, 7) is 10.9. The van der Waals surface area contributed by atoms with Crippen molar-refractivity contribution in [2.45, 2.75) is 110 Å². The first-order valence-corrected chi connectivity index (χ1v) is 13.3. The van der Waals surface area contributed by atoms with Crippen LogP contribution in [0.3, 0.4) is 0 Å². The molecule has 0 bridgehead atoms. The van der Waals surface area contributed by atoms with Crippen molar-refractivity contribution in [3.63, 3.8) is 0 Å². The van der Waals surface area contributed by atoms with E-state index >= 15 is 0 Å². The SMILES string of the molecule is CC1CC[C@@]2(OC1)OC1CC3C4CCC5CC(O)CCC5(C)C4CCC3(C)C1[C@@H]2C. The van der Waals surface area contributed by atoms with Crippen LogP contribution in [0.25, 0.3) is 0 Å². The summed E-state index contributed by atoms with van der Waals surface area (Å²) in [5.74, 6) is 4.93. The van der Waals surface area contributed by atoms with Crippen LogP contribution in [0.2, 0.25) is 0 Å². The molecule has 4 aliphatic carbocycles. The highest BCUT2D eigenvalue weighted by Gasteiger charge is 2.69. The third-order valence-corrected chi connectivity index (χ3v) is 11.9. The molecule has 0 radical (unpaired) electrons. The second-order valence-corrected chi connectivity index (χ2v) is 13.1. The molecule has 2 saturated heterocycles. The summed E-state index contributed by atoms with van der Waals surface area (Å²) in [7, 11) is 0. The number of aliphatic hydroxyl groups is 1. The highest BCUT2D eigenvalue weighted by molar-refractivity contribution is 5.15. The van der Waals surface area contributed by atoms with E-state index in [0.717, 1.165) is 49.5 Å². The molecule has 6 rings (SSSR count). The van der Waals surface area contributed by atoms with Crippen LogP contribution < -0.4 is 0 Å². The number of rotatable bonds is 0. The monoisotopic (exact) mass is 416 g/mol. The standard InChI is InChI=1S/C27H44O3/c1-16-7-12-27(29-15-16)17(2)24-23(30-27)14-22-20-6-5-18-13-19(28)8-10-25(18,3)21(20)9-11-26(22,24)4/h16-24,28H,5-15H2,1-4H3/t16?,17-,18?,19?,20?,21?,22?,23?,24?,25?,26?,27+/m0/s1. The molecule has 0 aromatic heterocycles. The average Bonchev–Trinajstić information content (AvgIpc) is 3.16. The van der Waals surface area contributed by atoms with Gasteiger partial charge in [0.1, 0.15) is 0 Å². The van der Waals surface area contributed by atoms with E-state index < -0.39 is 0 Å². The molecule has 0 aromatic carbocycles. The molecule has 170 valence electrons. The number of fused-ring (bicyclic) bond motifs is 7. The largest absolute Gasteiger partial charge is 0.393 e. The first-order valence-electron chi connectivity index (χ1n) is 13.3. The quantitative estimate of drug-likeness (QED) is 0.543. The van der Waals surface area contributed by atoms with Crippen LogP contribution in [0.15, 0.2) is 0 Å². The topological polar surface area (TPSA) is 38.7 Å². The van der Waals surface area contributed by atoms with E-state index in [2.05, 4.69) is 27.7 Å². The van der Waals surface area contributed by atoms with Crippen molar-refractivity contribution in [3.8, 4) is 0 Å². The zero-order valence-corrected chi connectivity index (χ0v) is 19.7. The zero-order valence-electron chi connectivity index (χ0n) is 19.7. The molecule has 0 aromatic rings. The number of aliphatic hydroxyl groups excluding tert-OH is 1. The molecular formula is C27H44O3. The number of ether oxygens (including phenoxy) is 2. The molecule has 4 saturated carbocycles. The molecule has 0 amide bonds. The highest BCUT2D eigenvalue weighted by atomic mass is 16.7. The summed E-state index contributed by atoms with van der Waals surface area (Å²) in [6, 6.07) is 0. The Labute approximate surface area is 183 Å². The van der Waals surface area contributed by atoms with Crippen molar-refractivity contribution in [3.05, 3.63) is 0 Å². The van der Waals surface area contributed by atoms with E-state index in [1.54, 1.807) is 0 Å². The minimum Gasteiger partial charge on any atom is -0.393 e. The van der Waals surface area contributed by atoms with Crippen molar-refractivity contribution < 1.29 is 14.6 Å². The predicted molar refractivity (Wildman–Crippen MR) is 118 cm³/mol. The van der Waals surface area contributed by atoms with E-state index in [0.29, 0.717) is 34.7 Å². The third kappa shape index (κ3) is 2.61. The number of hydrogen-bond acceptors (Lipinski definition) is 3. The molecule has 2 aliphatic heterocycles. The van der Waals surface area contributed by atoms with Gasteiger partial charge in [0.15, 0.2) is 5.79 Å². The number of hydrogen-bond donors (Lipinski definition) is 1. The first-order chi connectivity index (χ1) is 14.3. The van der Waals surface area contributed by atoms with E-state index in [4.69, 9.17) is 9.47 Å². The molecule has 30 heavy (non-hydrogen) atoms. The Bertz CT molecular complexity index is 684. The van der Waals surface area contributed by atoms with Crippen LogP contribution in [0.1, 0.15) is 91.9 Å². The van der Waals surface area contributed by atoms with Gasteiger partial charge in [-0.1, -0.05) is 27.7 Å². The molecular weight excluding hydrogens is 372 g/mol. The maximum Gasteiger partial charge on any atom is 0.171 e. The van der Waals surface area contributed by atoms with Crippen molar-refractivity contribution in [1.82, 2.24) is 0 Å². The third-order valence-electron chi connectivity index (χ3n) is 11.9. The van der Waals surface area contributed by atoms with Crippen molar-refractivity contribution >= 4 is 0 Å². The van der Waals surface area contributed by atoms with Gasteiger partial charge >= 0.3 is 0 Å². The molecule has 10 unspecified atom stereocenters. The maximum atomic E-state index is 10.3. The lowest BCUT2D eigenvalue weighted by Crippen LogP contribution is -2.55. The van der Waals surface area contributed by atoms with Crippen LogP contribution in [0, 0.1) is 52.3 Å². The van der Waals surface area contributed by atoms with Crippen molar-refractivity contribution in [1.29, 1.82) is 0 Å². The normalized spacial score (nSPS) is 62.5. The molecule has 6 aliphatic rings. The average molecular weight is 417 g/mol. The fraction of sp³-hybridized carbons (Fsp3) is 1.00. The molecule has 3 heteroatoms. The Morgan fingerprint density at radius 3 is 2.40 bits per heavy atom. The first kappa shape index (κ1) is 20.5. The van der Waals surface area contributed by atoms with Gasteiger partial charge in [-0.25, -0.2) is 0 Å². The van der Waals surface area contributed by atoms with E-state index in [1.165, 1.54) is 44.9 Å². The molecule has 2 heterocycles. The summed E-state index contributed by atoms with van der Waals surface area (Å²) in [4.78, 5) is 0. The summed E-state index contributed by atoms with van der Waals surface area (Å²) in [6.07, 6.45) is 12.9. The van der Waals surface area contributed by atoms with E-state index in [-0.39, 0.29) is 11.9 Å². The van der Waals surface area contributed by atoms with Gasteiger partial charge in [-0.15, -0.1) is 0 Å². The Hall–Kier alpha value is -0.120. The predicted octanol–water partition coefficient (Wildman–Crippen LogP) is 5.79. The molecule has 1 N–H and O–H groups in total. The minimum absolute atomic E-state index is 0.0389. The lowest BCUT2D eigenvalue weighted by atomic mass is 9.44. The zero-order chi connectivity index (χ0) is 20.9. The fourth-order valence-corrected chi connectivity index (χ4v) is 10.3. The van der Waals surface area contributed by atoms with Gasteiger partial charge in [-0.2, -0.15) is 0 Å². The van der Waals surface area contributed by atoms with Gasteiger partial charge in [-0.3, -0.25) is 0 Å². The lowest BCUT2D eigenvalue weighted by molar-refractivity contribution is -0.273. The summed E-state index contributed by atoms with van der Waals surface area (Å²) < 4.78 is 13.4. The summed E-state index contributed by atoms with van der Waals surface area (Å²) in [5, 5.41) is 10.3. The van der Waals surface area contributed by atoms with Crippen LogP contribution in [0.4, 0.5) is 0 Å². The molecule has 6 fully saturated rings. The van der Waals surface area contributed by atoms with Crippen LogP contribution in [-0.4, -0.2) is 29.7 Å². The highest BCUT2D eigenvalue weighted by Crippen LogP contribution is 2.71. The minimum atomic E-state index is -0.282. The summed E-state index contributed by atoms with van der Waals surface area (Å²) >= 11 is 0. The van der Waals surface area contributed by atoms with Crippen LogP contribution in [0.5, 0.6) is 0 Å². The molecule has 12 atom stereocenters. The Morgan fingerprint density at radius 2 is 1.63 bits per heavy atom. The molecule has 3 nitrogen and oxygen atoms in total. The Morgan fingerprint density at radius 1 is 0.833 bits per heavy atom. The Balaban J connectivity index is 1.26. The smallest absolute Gasteiger partial charge is 0.171 e. The summed E-state index contributed by atoms with van der Waals surface area (Å²) in [5.41, 5.74) is 0.899. The molecule has 1 spiro atoms. The second kappa shape index (κ2) is 6.70. The Kier molecular flexibility index (Phi) is 4.58. The maximum absolute atomic E-state index is 10.3. The second-order valence-electron chi connectivity index (χ2n) is 13.1. The van der Waals surface area contributed by atoms with Gasteiger partial charge in [0, 0.05) is 12.3 Å². The van der Waals surface area contributed by atoms with Gasteiger partial charge in [0.25, 0.3) is 0 Å². The van der Waals surface area contributed by atoms with Crippen molar-refractivity contribution in [2.24, 2.45) is 52.3 Å². The van der Waals surface area contributed by atoms with Gasteiger partial charge in [-0.05, 0) is 104 Å². The van der Waals surface area contributed by atoms with Crippen LogP contribution in [-0.2, 0) is 9.47 Å². The van der Waals surface area contributed by atoms with Gasteiger partial charge in [0.05, 0.1) is 18.8 Å². The van der Waals surface area contributed by atoms with Crippen LogP contribution >= 0.6 is 0 Å².